The van der Waals surface area contributed by atoms with Gasteiger partial charge in [0.1, 0.15) is 0 Å². The van der Waals surface area contributed by atoms with Gasteiger partial charge in [-0.2, -0.15) is 0 Å². The molecule has 0 saturated carbocycles. The van der Waals surface area contributed by atoms with E-state index in [9.17, 15) is 8.42 Å². The molecule has 0 spiro atoms. The quantitative estimate of drug-likeness (QED) is 0.183. The third-order valence-corrected chi connectivity index (χ3v) is 14.0. The van der Waals surface area contributed by atoms with Crippen molar-refractivity contribution in [1.29, 1.82) is 0 Å². The van der Waals surface area contributed by atoms with Crippen molar-refractivity contribution in [2.45, 2.75) is 20.1 Å². The van der Waals surface area contributed by atoms with Gasteiger partial charge in [-0.25, -0.2) is 8.42 Å². The van der Waals surface area contributed by atoms with E-state index in [1.165, 1.54) is 20.3 Å². The van der Waals surface area contributed by atoms with Gasteiger partial charge in [-0.1, -0.05) is 103 Å². The molecule has 0 N–H and O–H groups in total. The number of para-hydroxylation sites is 2. The Labute approximate surface area is 298 Å². The predicted octanol–water partition coefficient (Wildman–Crippen LogP) is 12.3. The third kappa shape index (κ3) is 4.54. The Kier molecular flexibility index (Phi) is 6.71. The maximum absolute atomic E-state index is 14.5. The van der Waals surface area contributed by atoms with Gasteiger partial charge >= 0.3 is 0 Å². The van der Waals surface area contributed by atoms with E-state index in [1.807, 2.05) is 35.2 Å². The molecule has 7 heteroatoms. The molecule has 10 rings (SSSR count). The molecule has 0 aliphatic carbocycles. The monoisotopic (exact) mass is 700 g/mol. The summed E-state index contributed by atoms with van der Waals surface area (Å²) in [5.74, 6) is 0. The van der Waals surface area contributed by atoms with Gasteiger partial charge in [0.05, 0.1) is 22.0 Å². The molecule has 0 radical (unpaired) electrons. The molecule has 3 heterocycles. The van der Waals surface area contributed by atoms with Crippen LogP contribution in [0.2, 0.25) is 0 Å². The second-order valence-corrected chi connectivity index (χ2v) is 16.7. The lowest BCUT2D eigenvalue weighted by atomic mass is 10.0. The third-order valence-electron chi connectivity index (χ3n) is 9.67. The lowest BCUT2D eigenvalue weighted by Gasteiger charge is -2.34. The maximum atomic E-state index is 14.5. The van der Waals surface area contributed by atoms with E-state index in [-0.39, 0.29) is 0 Å². The number of fused-ring (bicyclic) bond motifs is 6. The van der Waals surface area contributed by atoms with Crippen LogP contribution in [0.3, 0.4) is 0 Å². The minimum absolute atomic E-state index is 0.358. The van der Waals surface area contributed by atoms with Crippen molar-refractivity contribution in [3.63, 3.8) is 0 Å². The zero-order chi connectivity index (χ0) is 33.4. The standard InChI is InChI=1S/C43H28N2O2S3/c46-50(47)42-17-9-6-14-37(42)45(32-23-25-39-34(27-32)33-12-4-7-15-38(33)48-39)43(50)30-20-24-36-41(26-30)49-40-16-8-5-13-35(40)44(36)31-21-18-29(19-22-31)28-10-2-1-3-11-28/h1-27,43H. The number of hydrogen-bond acceptors (Lipinski definition) is 6. The first kappa shape index (κ1) is 29.6. The van der Waals surface area contributed by atoms with E-state index in [4.69, 9.17) is 0 Å². The zero-order valence-electron chi connectivity index (χ0n) is 26.6. The van der Waals surface area contributed by atoms with E-state index >= 15 is 0 Å². The zero-order valence-corrected chi connectivity index (χ0v) is 29.1. The van der Waals surface area contributed by atoms with Gasteiger partial charge in [0, 0.05) is 41.3 Å². The van der Waals surface area contributed by atoms with Crippen molar-refractivity contribution in [1.82, 2.24) is 0 Å². The van der Waals surface area contributed by atoms with Gasteiger partial charge in [0.2, 0.25) is 9.84 Å². The SMILES string of the molecule is O=S1(=O)c2ccccc2N(c2ccc3sc4ccccc4c3c2)C1c1ccc2c(c1)Sc1ccccc1N2c1ccc(-c2ccccc2)cc1. The normalized spacial score (nSPS) is 16.0. The second-order valence-electron chi connectivity index (χ2n) is 12.6. The molecule has 50 heavy (non-hydrogen) atoms. The molecule has 0 bridgehead atoms. The summed E-state index contributed by atoms with van der Waals surface area (Å²) in [7, 11) is -3.76. The summed E-state index contributed by atoms with van der Waals surface area (Å²) in [4.78, 5) is 6.79. The number of hydrogen-bond donors (Lipinski definition) is 0. The van der Waals surface area contributed by atoms with Crippen molar-refractivity contribution < 1.29 is 8.42 Å². The summed E-state index contributed by atoms with van der Waals surface area (Å²) < 4.78 is 31.5. The van der Waals surface area contributed by atoms with Gasteiger partial charge in [-0.15, -0.1) is 11.3 Å². The van der Waals surface area contributed by atoms with Crippen LogP contribution >= 0.6 is 23.1 Å². The lowest BCUT2D eigenvalue weighted by Crippen LogP contribution is -2.24. The summed E-state index contributed by atoms with van der Waals surface area (Å²) >= 11 is 3.44. The number of thiophene rings is 1. The Hall–Kier alpha value is -5.34. The molecule has 2 aliphatic rings. The summed E-state index contributed by atoms with van der Waals surface area (Å²) in [6.45, 7) is 0. The van der Waals surface area contributed by atoms with Crippen LogP contribution in [0.5, 0.6) is 0 Å². The van der Waals surface area contributed by atoms with Gasteiger partial charge in [-0.05, 0) is 89.5 Å². The Morgan fingerprint density at radius 2 is 1.16 bits per heavy atom. The summed E-state index contributed by atoms with van der Waals surface area (Å²) in [5, 5.41) is 1.40. The highest BCUT2D eigenvalue weighted by molar-refractivity contribution is 7.99. The molecule has 8 aromatic rings. The van der Waals surface area contributed by atoms with E-state index in [2.05, 4.69) is 132 Å². The fraction of sp³-hybridized carbons (Fsp3) is 0.0233. The Morgan fingerprint density at radius 1 is 0.500 bits per heavy atom. The van der Waals surface area contributed by atoms with Gasteiger partial charge < -0.3 is 9.80 Å². The fourth-order valence-corrected chi connectivity index (χ4v) is 11.6. The molecule has 1 atom stereocenters. The number of rotatable bonds is 4. The average molecular weight is 701 g/mol. The van der Waals surface area contributed by atoms with Crippen LogP contribution in [0.4, 0.5) is 28.4 Å². The summed E-state index contributed by atoms with van der Waals surface area (Å²) in [5.41, 5.74) is 7.80. The molecule has 0 fully saturated rings. The summed E-state index contributed by atoms with van der Waals surface area (Å²) in [6.07, 6.45) is 0. The Balaban J connectivity index is 1.11. The van der Waals surface area contributed by atoms with Crippen molar-refractivity contribution in [2.24, 2.45) is 0 Å². The van der Waals surface area contributed by atoms with Crippen LogP contribution < -0.4 is 9.80 Å². The number of nitrogens with zero attached hydrogens (tertiary/aromatic N) is 2. The topological polar surface area (TPSA) is 40.6 Å². The highest BCUT2D eigenvalue weighted by atomic mass is 32.2. The second kappa shape index (κ2) is 11.4. The summed E-state index contributed by atoms with van der Waals surface area (Å²) in [6, 6.07) is 55.8. The van der Waals surface area contributed by atoms with Crippen LogP contribution in [-0.4, -0.2) is 8.42 Å². The Morgan fingerprint density at radius 3 is 2.02 bits per heavy atom. The molecule has 0 saturated heterocycles. The van der Waals surface area contributed by atoms with Crippen LogP contribution in [0, 0.1) is 0 Å². The van der Waals surface area contributed by atoms with Gasteiger partial charge in [0.15, 0.2) is 5.37 Å². The highest BCUT2D eigenvalue weighted by Gasteiger charge is 2.45. The molecule has 0 amide bonds. The lowest BCUT2D eigenvalue weighted by molar-refractivity contribution is 0.589. The van der Waals surface area contributed by atoms with Crippen LogP contribution in [0.25, 0.3) is 31.3 Å². The molecule has 1 unspecified atom stereocenters. The smallest absolute Gasteiger partial charge is 0.206 e. The minimum atomic E-state index is -3.76. The van der Waals surface area contributed by atoms with E-state index < -0.39 is 15.2 Å². The average Bonchev–Trinajstić information content (AvgIpc) is 3.65. The van der Waals surface area contributed by atoms with E-state index in [0.29, 0.717) is 10.6 Å². The number of anilines is 5. The fourth-order valence-electron chi connectivity index (χ4n) is 7.39. The first-order valence-electron chi connectivity index (χ1n) is 16.4. The number of sulfone groups is 1. The van der Waals surface area contributed by atoms with Gasteiger partial charge in [0.25, 0.3) is 0 Å². The first-order valence-corrected chi connectivity index (χ1v) is 19.6. The van der Waals surface area contributed by atoms with Crippen molar-refractivity contribution in [3.05, 3.63) is 169 Å². The number of benzene rings is 7. The molecule has 4 nitrogen and oxygen atoms in total. The highest BCUT2D eigenvalue weighted by Crippen LogP contribution is 2.55. The van der Waals surface area contributed by atoms with Crippen molar-refractivity contribution in [2.75, 3.05) is 9.80 Å². The molecule has 2 aliphatic heterocycles. The molecule has 7 aromatic carbocycles. The van der Waals surface area contributed by atoms with Crippen LogP contribution in [0.1, 0.15) is 10.9 Å². The first-order chi connectivity index (χ1) is 24.5. The van der Waals surface area contributed by atoms with Crippen molar-refractivity contribution in [3.8, 4) is 11.1 Å². The predicted molar refractivity (Wildman–Crippen MR) is 209 cm³/mol. The molecule has 1 aromatic heterocycles. The Bertz CT molecular complexity index is 2720. The van der Waals surface area contributed by atoms with E-state index in [0.717, 1.165) is 49.1 Å². The van der Waals surface area contributed by atoms with Crippen LogP contribution in [0.15, 0.2) is 178 Å². The maximum Gasteiger partial charge on any atom is 0.206 e. The molecular weight excluding hydrogens is 673 g/mol. The van der Waals surface area contributed by atoms with Crippen LogP contribution in [-0.2, 0) is 9.84 Å². The van der Waals surface area contributed by atoms with E-state index in [1.54, 1.807) is 29.2 Å². The van der Waals surface area contributed by atoms with Crippen molar-refractivity contribution >= 4 is 81.5 Å². The van der Waals surface area contributed by atoms with Gasteiger partial charge in [-0.3, -0.25) is 0 Å². The largest absolute Gasteiger partial charge is 0.319 e. The molecular formula is C43H28N2O2S3. The minimum Gasteiger partial charge on any atom is -0.319 e. The molecule has 240 valence electrons.